The first kappa shape index (κ1) is 26.3. The minimum absolute atomic E-state index is 0.0335. The van der Waals surface area contributed by atoms with Crippen LogP contribution in [0, 0.1) is 10.1 Å². The van der Waals surface area contributed by atoms with Crippen molar-refractivity contribution in [3.8, 4) is 5.75 Å². The van der Waals surface area contributed by atoms with Crippen LogP contribution in [-0.2, 0) is 4.74 Å². The van der Waals surface area contributed by atoms with Crippen LogP contribution in [0.25, 0.3) is 10.2 Å². The van der Waals surface area contributed by atoms with Gasteiger partial charge in [0.05, 0.1) is 29.4 Å². The highest BCUT2D eigenvalue weighted by Crippen LogP contribution is 2.36. The Hall–Kier alpha value is -3.28. The Morgan fingerprint density at radius 3 is 2.68 bits per heavy atom. The molecule has 1 amide bonds. The first-order chi connectivity index (χ1) is 18.5. The van der Waals surface area contributed by atoms with Crippen LogP contribution in [0.3, 0.4) is 0 Å². The average molecular weight is 540 g/mol. The van der Waals surface area contributed by atoms with Gasteiger partial charge in [0.1, 0.15) is 17.0 Å². The maximum Gasteiger partial charge on any atom is 0.293 e. The molecule has 0 atom stereocenters. The molecule has 0 aliphatic carbocycles. The normalized spacial score (nSPS) is 16.5. The summed E-state index contributed by atoms with van der Waals surface area (Å²) in [4.78, 5) is 36.4. The van der Waals surface area contributed by atoms with Gasteiger partial charge in [0.2, 0.25) is 0 Å². The van der Waals surface area contributed by atoms with Gasteiger partial charge in [-0.15, -0.1) is 0 Å². The predicted octanol–water partition coefficient (Wildman–Crippen LogP) is 4.57. The van der Waals surface area contributed by atoms with E-state index in [1.807, 2.05) is 25.1 Å². The molecule has 38 heavy (non-hydrogen) atoms. The number of nitro benzene ring substituents is 1. The molecule has 3 aromatic rings. The minimum atomic E-state index is -0.384. The molecular formula is C27H33N5O5S. The molecule has 2 fully saturated rings. The number of thiazole rings is 1. The molecule has 0 unspecified atom stereocenters. The number of ether oxygens (including phenoxy) is 2. The molecule has 2 saturated heterocycles. The lowest BCUT2D eigenvalue weighted by atomic mass is 10.1. The summed E-state index contributed by atoms with van der Waals surface area (Å²) in [5.74, 6) is 0.373. The number of aromatic nitrogens is 1. The number of hydrogen-bond donors (Lipinski definition) is 0. The monoisotopic (exact) mass is 539 g/mol. The number of nitro groups is 1. The van der Waals surface area contributed by atoms with Crippen LogP contribution in [0.5, 0.6) is 5.75 Å². The number of carbonyl (C=O) groups is 1. The highest BCUT2D eigenvalue weighted by atomic mass is 32.1. The van der Waals surface area contributed by atoms with Gasteiger partial charge in [-0.2, -0.15) is 0 Å². The SMILES string of the molecule is CCOc1cccc2sc(N(CCN3CCOCC3)C(=O)c3ccc(N4CCCCC4)c([N+](=O)[O-])c3)nc12. The van der Waals surface area contributed by atoms with Crippen LogP contribution in [0.15, 0.2) is 36.4 Å². The van der Waals surface area contributed by atoms with Crippen LogP contribution in [-0.4, -0.2) is 79.8 Å². The molecule has 5 rings (SSSR count). The topological polar surface area (TPSA) is 101 Å². The fourth-order valence-electron chi connectivity index (χ4n) is 5.01. The van der Waals surface area contributed by atoms with E-state index in [-0.39, 0.29) is 22.1 Å². The number of benzene rings is 2. The summed E-state index contributed by atoms with van der Waals surface area (Å²) < 4.78 is 12.1. The van der Waals surface area contributed by atoms with Crippen molar-refractivity contribution in [2.24, 2.45) is 0 Å². The van der Waals surface area contributed by atoms with Crippen molar-refractivity contribution in [2.75, 3.05) is 68.9 Å². The van der Waals surface area contributed by atoms with Gasteiger partial charge in [0.15, 0.2) is 5.13 Å². The summed E-state index contributed by atoms with van der Waals surface area (Å²) in [6.45, 7) is 7.99. The Morgan fingerprint density at radius 2 is 1.95 bits per heavy atom. The van der Waals surface area contributed by atoms with E-state index in [2.05, 4.69) is 9.80 Å². The summed E-state index contributed by atoms with van der Waals surface area (Å²) in [6.07, 6.45) is 3.15. The van der Waals surface area contributed by atoms with Gasteiger partial charge in [0, 0.05) is 50.9 Å². The lowest BCUT2D eigenvalue weighted by molar-refractivity contribution is -0.384. The van der Waals surface area contributed by atoms with Gasteiger partial charge < -0.3 is 14.4 Å². The maximum atomic E-state index is 13.9. The van der Waals surface area contributed by atoms with E-state index in [0.29, 0.717) is 55.0 Å². The molecule has 2 aliphatic heterocycles. The number of amides is 1. The van der Waals surface area contributed by atoms with E-state index >= 15 is 0 Å². The van der Waals surface area contributed by atoms with Crippen molar-refractivity contribution in [1.29, 1.82) is 0 Å². The number of anilines is 2. The number of rotatable bonds is 9. The van der Waals surface area contributed by atoms with Crippen LogP contribution >= 0.6 is 11.3 Å². The molecule has 0 radical (unpaired) electrons. The number of piperidine rings is 1. The second kappa shape index (κ2) is 12.1. The third-order valence-corrected chi connectivity index (χ3v) is 8.05. The van der Waals surface area contributed by atoms with Crippen LogP contribution in [0.1, 0.15) is 36.5 Å². The molecule has 3 heterocycles. The van der Waals surface area contributed by atoms with E-state index in [9.17, 15) is 14.9 Å². The fourth-order valence-corrected chi connectivity index (χ4v) is 6.02. The molecular weight excluding hydrogens is 506 g/mol. The van der Waals surface area contributed by atoms with Crippen molar-refractivity contribution in [1.82, 2.24) is 9.88 Å². The quantitative estimate of drug-likeness (QED) is 0.288. The molecule has 0 spiro atoms. The summed E-state index contributed by atoms with van der Waals surface area (Å²) >= 11 is 1.42. The van der Waals surface area contributed by atoms with Gasteiger partial charge in [-0.25, -0.2) is 4.98 Å². The lowest BCUT2D eigenvalue weighted by Crippen LogP contribution is -2.43. The van der Waals surface area contributed by atoms with Gasteiger partial charge in [-0.05, 0) is 50.5 Å². The molecule has 0 N–H and O–H groups in total. The molecule has 2 aliphatic rings. The summed E-state index contributed by atoms with van der Waals surface area (Å²) in [6, 6.07) is 10.6. The number of hydrogen-bond acceptors (Lipinski definition) is 9. The van der Waals surface area contributed by atoms with Crippen molar-refractivity contribution in [3.05, 3.63) is 52.1 Å². The summed E-state index contributed by atoms with van der Waals surface area (Å²) in [5.41, 5.74) is 1.54. The Bertz CT molecular complexity index is 1290. The molecule has 11 heteroatoms. The zero-order chi connectivity index (χ0) is 26.5. The van der Waals surface area contributed by atoms with Gasteiger partial charge in [0.25, 0.3) is 11.6 Å². The van der Waals surface area contributed by atoms with Gasteiger partial charge in [-0.1, -0.05) is 17.4 Å². The Balaban J connectivity index is 1.48. The fraction of sp³-hybridized carbons (Fsp3) is 0.481. The Morgan fingerprint density at radius 1 is 1.16 bits per heavy atom. The number of fused-ring (bicyclic) bond motifs is 1. The molecule has 0 bridgehead atoms. The molecule has 1 aromatic heterocycles. The van der Waals surface area contributed by atoms with E-state index in [4.69, 9.17) is 14.5 Å². The van der Waals surface area contributed by atoms with Crippen LogP contribution in [0.4, 0.5) is 16.5 Å². The molecule has 10 nitrogen and oxygen atoms in total. The largest absolute Gasteiger partial charge is 0.492 e. The first-order valence-electron chi connectivity index (χ1n) is 13.2. The van der Waals surface area contributed by atoms with Crippen LogP contribution < -0.4 is 14.5 Å². The zero-order valence-electron chi connectivity index (χ0n) is 21.6. The number of para-hydroxylation sites is 1. The minimum Gasteiger partial charge on any atom is -0.492 e. The van der Waals surface area contributed by atoms with E-state index < -0.39 is 0 Å². The van der Waals surface area contributed by atoms with E-state index in [1.165, 1.54) is 17.4 Å². The number of carbonyl (C=O) groups excluding carboxylic acids is 1. The predicted molar refractivity (Wildman–Crippen MR) is 149 cm³/mol. The molecule has 2 aromatic carbocycles. The third-order valence-electron chi connectivity index (χ3n) is 7.01. The summed E-state index contributed by atoms with van der Waals surface area (Å²) in [7, 11) is 0. The number of nitrogens with zero attached hydrogens (tertiary/aromatic N) is 5. The van der Waals surface area contributed by atoms with Crippen molar-refractivity contribution in [2.45, 2.75) is 26.2 Å². The average Bonchev–Trinajstić information content (AvgIpc) is 3.39. The van der Waals surface area contributed by atoms with Crippen molar-refractivity contribution in [3.63, 3.8) is 0 Å². The van der Waals surface area contributed by atoms with E-state index in [0.717, 1.165) is 50.1 Å². The van der Waals surface area contributed by atoms with Crippen molar-refractivity contribution < 1.29 is 19.2 Å². The summed E-state index contributed by atoms with van der Waals surface area (Å²) in [5, 5.41) is 12.6. The van der Waals surface area contributed by atoms with E-state index in [1.54, 1.807) is 17.0 Å². The molecule has 0 saturated carbocycles. The smallest absolute Gasteiger partial charge is 0.293 e. The van der Waals surface area contributed by atoms with Crippen LogP contribution in [0.2, 0.25) is 0 Å². The highest BCUT2D eigenvalue weighted by Gasteiger charge is 2.28. The lowest BCUT2D eigenvalue weighted by Gasteiger charge is -2.30. The maximum absolute atomic E-state index is 13.9. The Kier molecular flexibility index (Phi) is 8.35. The third kappa shape index (κ3) is 5.74. The number of morpholine rings is 1. The van der Waals surface area contributed by atoms with Crippen molar-refractivity contribution >= 4 is 44.0 Å². The first-order valence-corrected chi connectivity index (χ1v) is 14.0. The van der Waals surface area contributed by atoms with Gasteiger partial charge >= 0.3 is 0 Å². The second-order valence-corrected chi connectivity index (χ2v) is 10.5. The molecule has 202 valence electrons. The Labute approximate surface area is 225 Å². The second-order valence-electron chi connectivity index (χ2n) is 9.45. The highest BCUT2D eigenvalue weighted by molar-refractivity contribution is 7.22. The zero-order valence-corrected chi connectivity index (χ0v) is 22.5. The van der Waals surface area contributed by atoms with Gasteiger partial charge in [-0.3, -0.25) is 24.7 Å². The standard InChI is InChI=1S/C27H33N5O5S/c1-2-37-23-7-6-8-24-25(23)28-27(38-24)31(14-13-29-15-17-36-18-16-29)26(33)20-9-10-21(22(19-20)32(34)35)30-11-4-3-5-12-30/h6-10,19H,2-5,11-18H2,1H3.